The molecule has 2 N–H and O–H groups in total. The molecule has 1 saturated heterocycles. The molecule has 0 spiro atoms. The van der Waals surface area contributed by atoms with E-state index >= 15 is 0 Å². The maximum absolute atomic E-state index is 11.1. The van der Waals surface area contributed by atoms with Gasteiger partial charge in [0.25, 0.3) is 0 Å². The minimum atomic E-state index is 0.117. The molecule has 0 aromatic rings. The highest BCUT2D eigenvalue weighted by molar-refractivity contribution is 5.76. The zero-order valence-electron chi connectivity index (χ0n) is 8.29. The molecule has 2 unspecified atom stereocenters. The SMILES string of the molecule is CC(CO)NC1CCC(=O)N(C)C1. The third kappa shape index (κ3) is 2.97. The molecule has 0 aliphatic carbocycles. The smallest absolute Gasteiger partial charge is 0.222 e. The van der Waals surface area contributed by atoms with Crippen molar-refractivity contribution in [2.45, 2.75) is 31.8 Å². The van der Waals surface area contributed by atoms with Crippen molar-refractivity contribution in [2.75, 3.05) is 20.2 Å². The molecule has 1 heterocycles. The number of amides is 1. The Hall–Kier alpha value is -0.610. The second kappa shape index (κ2) is 4.58. The fourth-order valence-corrected chi connectivity index (χ4v) is 1.60. The summed E-state index contributed by atoms with van der Waals surface area (Å²) in [5.41, 5.74) is 0. The minimum Gasteiger partial charge on any atom is -0.395 e. The van der Waals surface area contributed by atoms with Crippen molar-refractivity contribution in [1.82, 2.24) is 10.2 Å². The number of likely N-dealkylation sites (tertiary alicyclic amines) is 1. The van der Waals surface area contributed by atoms with Crippen LogP contribution < -0.4 is 5.32 Å². The van der Waals surface area contributed by atoms with Gasteiger partial charge in [0.1, 0.15) is 0 Å². The highest BCUT2D eigenvalue weighted by Crippen LogP contribution is 2.09. The van der Waals surface area contributed by atoms with Gasteiger partial charge in [0.15, 0.2) is 0 Å². The fraction of sp³-hybridized carbons (Fsp3) is 0.889. The van der Waals surface area contributed by atoms with E-state index < -0.39 is 0 Å². The molecule has 1 amide bonds. The van der Waals surface area contributed by atoms with Gasteiger partial charge in [0, 0.05) is 32.1 Å². The Balaban J connectivity index is 2.33. The predicted octanol–water partition coefficient (Wildman–Crippen LogP) is -0.422. The molecule has 0 radical (unpaired) electrons. The van der Waals surface area contributed by atoms with Crippen molar-refractivity contribution in [3.63, 3.8) is 0 Å². The van der Waals surface area contributed by atoms with E-state index in [1.807, 2.05) is 14.0 Å². The minimum absolute atomic E-state index is 0.117. The van der Waals surface area contributed by atoms with E-state index in [0.717, 1.165) is 13.0 Å². The van der Waals surface area contributed by atoms with Crippen LogP contribution >= 0.6 is 0 Å². The van der Waals surface area contributed by atoms with Gasteiger partial charge >= 0.3 is 0 Å². The molecule has 1 rings (SSSR count). The first-order valence-electron chi connectivity index (χ1n) is 4.74. The number of carbonyl (C=O) groups is 1. The van der Waals surface area contributed by atoms with Crippen molar-refractivity contribution >= 4 is 5.91 Å². The molecule has 2 atom stereocenters. The molecule has 0 bridgehead atoms. The Labute approximate surface area is 78.9 Å². The lowest BCUT2D eigenvalue weighted by Crippen LogP contribution is -2.49. The highest BCUT2D eigenvalue weighted by Gasteiger charge is 2.23. The molecule has 0 aromatic heterocycles. The maximum atomic E-state index is 11.1. The predicted molar refractivity (Wildman–Crippen MR) is 50.3 cm³/mol. The fourth-order valence-electron chi connectivity index (χ4n) is 1.60. The summed E-state index contributed by atoms with van der Waals surface area (Å²) in [6, 6.07) is 0.455. The Morgan fingerprint density at radius 2 is 2.46 bits per heavy atom. The number of aliphatic hydroxyl groups excluding tert-OH is 1. The lowest BCUT2D eigenvalue weighted by atomic mass is 10.1. The summed E-state index contributed by atoms with van der Waals surface area (Å²) < 4.78 is 0. The van der Waals surface area contributed by atoms with Crippen molar-refractivity contribution in [1.29, 1.82) is 0 Å². The molecular weight excluding hydrogens is 168 g/mol. The third-order valence-electron chi connectivity index (χ3n) is 2.42. The van der Waals surface area contributed by atoms with Gasteiger partial charge in [-0.25, -0.2) is 0 Å². The number of hydrogen-bond acceptors (Lipinski definition) is 3. The first-order valence-corrected chi connectivity index (χ1v) is 4.74. The van der Waals surface area contributed by atoms with Crippen molar-refractivity contribution in [3.8, 4) is 0 Å². The van der Waals surface area contributed by atoms with Crippen LogP contribution in [0, 0.1) is 0 Å². The van der Waals surface area contributed by atoms with Crippen LogP contribution in [0.25, 0.3) is 0 Å². The van der Waals surface area contributed by atoms with Crippen molar-refractivity contribution in [2.24, 2.45) is 0 Å². The van der Waals surface area contributed by atoms with Gasteiger partial charge in [-0.15, -0.1) is 0 Å². The van der Waals surface area contributed by atoms with E-state index in [0.29, 0.717) is 12.5 Å². The van der Waals surface area contributed by atoms with E-state index in [4.69, 9.17) is 5.11 Å². The van der Waals surface area contributed by atoms with Gasteiger partial charge < -0.3 is 15.3 Å². The largest absolute Gasteiger partial charge is 0.395 e. The standard InChI is InChI=1S/C9H18N2O2/c1-7(6-12)10-8-3-4-9(13)11(2)5-8/h7-8,10,12H,3-6H2,1-2H3. The van der Waals surface area contributed by atoms with Gasteiger partial charge in [-0.3, -0.25) is 4.79 Å². The van der Waals surface area contributed by atoms with Crippen LogP contribution in [-0.4, -0.2) is 48.2 Å². The quantitative estimate of drug-likeness (QED) is 0.629. The summed E-state index contributed by atoms with van der Waals surface area (Å²) in [6.45, 7) is 2.84. The van der Waals surface area contributed by atoms with Gasteiger partial charge in [-0.2, -0.15) is 0 Å². The number of hydrogen-bond donors (Lipinski definition) is 2. The van der Waals surface area contributed by atoms with E-state index in [1.165, 1.54) is 0 Å². The molecular formula is C9H18N2O2. The zero-order chi connectivity index (χ0) is 9.84. The molecule has 76 valence electrons. The van der Waals surface area contributed by atoms with Crippen LogP contribution in [0.1, 0.15) is 19.8 Å². The van der Waals surface area contributed by atoms with Gasteiger partial charge in [0.05, 0.1) is 6.61 Å². The molecule has 13 heavy (non-hydrogen) atoms. The Bertz CT molecular complexity index is 184. The lowest BCUT2D eigenvalue weighted by molar-refractivity contribution is -0.132. The lowest BCUT2D eigenvalue weighted by Gasteiger charge is -2.31. The average molecular weight is 186 g/mol. The topological polar surface area (TPSA) is 52.6 Å². The van der Waals surface area contributed by atoms with Crippen LogP contribution in [0.15, 0.2) is 0 Å². The molecule has 4 nitrogen and oxygen atoms in total. The first kappa shape index (κ1) is 10.5. The number of nitrogens with zero attached hydrogens (tertiary/aromatic N) is 1. The summed E-state index contributed by atoms with van der Waals surface area (Å²) in [4.78, 5) is 12.9. The second-order valence-corrected chi connectivity index (χ2v) is 3.76. The average Bonchev–Trinajstić information content (AvgIpc) is 2.11. The molecule has 1 aliphatic rings. The summed E-state index contributed by atoms with van der Waals surface area (Å²) in [5.74, 6) is 0.217. The third-order valence-corrected chi connectivity index (χ3v) is 2.42. The molecule has 4 heteroatoms. The Morgan fingerprint density at radius 3 is 3.00 bits per heavy atom. The summed E-state index contributed by atoms with van der Waals surface area (Å²) in [6.07, 6.45) is 1.50. The number of piperidine rings is 1. The van der Waals surface area contributed by atoms with E-state index in [2.05, 4.69) is 5.32 Å². The second-order valence-electron chi connectivity index (χ2n) is 3.76. The Kier molecular flexibility index (Phi) is 3.69. The van der Waals surface area contributed by atoms with Crippen molar-refractivity contribution in [3.05, 3.63) is 0 Å². The van der Waals surface area contributed by atoms with Crippen LogP contribution in [0.2, 0.25) is 0 Å². The molecule has 1 fully saturated rings. The summed E-state index contributed by atoms with van der Waals surface area (Å²) in [7, 11) is 1.82. The van der Waals surface area contributed by atoms with E-state index in [-0.39, 0.29) is 18.6 Å². The van der Waals surface area contributed by atoms with Gasteiger partial charge in [-0.1, -0.05) is 0 Å². The van der Waals surface area contributed by atoms with Gasteiger partial charge in [0.2, 0.25) is 5.91 Å². The number of aliphatic hydroxyl groups is 1. The number of carbonyl (C=O) groups excluding carboxylic acids is 1. The summed E-state index contributed by atoms with van der Waals surface area (Å²) in [5, 5.41) is 12.1. The van der Waals surface area contributed by atoms with Gasteiger partial charge in [-0.05, 0) is 13.3 Å². The van der Waals surface area contributed by atoms with Crippen LogP contribution in [-0.2, 0) is 4.79 Å². The van der Waals surface area contributed by atoms with Crippen LogP contribution in [0.4, 0.5) is 0 Å². The number of rotatable bonds is 3. The van der Waals surface area contributed by atoms with Crippen molar-refractivity contribution < 1.29 is 9.90 Å². The summed E-state index contributed by atoms with van der Waals surface area (Å²) >= 11 is 0. The Morgan fingerprint density at radius 1 is 1.77 bits per heavy atom. The molecule has 1 aliphatic heterocycles. The maximum Gasteiger partial charge on any atom is 0.222 e. The number of likely N-dealkylation sites (N-methyl/N-ethyl adjacent to an activating group) is 1. The highest BCUT2D eigenvalue weighted by atomic mass is 16.3. The zero-order valence-corrected chi connectivity index (χ0v) is 8.29. The molecule has 0 aromatic carbocycles. The monoisotopic (exact) mass is 186 g/mol. The number of nitrogens with one attached hydrogen (secondary N) is 1. The van der Waals surface area contributed by atoms with E-state index in [1.54, 1.807) is 4.90 Å². The van der Waals surface area contributed by atoms with Crippen LogP contribution in [0.3, 0.4) is 0 Å². The van der Waals surface area contributed by atoms with Crippen LogP contribution in [0.5, 0.6) is 0 Å². The normalized spacial score (nSPS) is 26.2. The molecule has 0 saturated carbocycles. The van der Waals surface area contributed by atoms with E-state index in [9.17, 15) is 4.79 Å². The first-order chi connectivity index (χ1) is 6.13.